The second-order valence-corrected chi connectivity index (χ2v) is 4.58. The Bertz CT molecular complexity index is 418. The van der Waals surface area contributed by atoms with E-state index in [2.05, 4.69) is 5.32 Å². The van der Waals surface area contributed by atoms with Crippen LogP contribution in [0.15, 0.2) is 24.3 Å². The molecule has 0 bridgehead atoms. The Balaban J connectivity index is 2.06. The lowest BCUT2D eigenvalue weighted by atomic mass is 10.2. The number of benzene rings is 1. The summed E-state index contributed by atoms with van der Waals surface area (Å²) < 4.78 is 15.6. The second kappa shape index (κ2) is 12.2. The van der Waals surface area contributed by atoms with E-state index in [-0.39, 0.29) is 6.61 Å². The predicted octanol–water partition coefficient (Wildman–Crippen LogP) is 2.12. The molecule has 1 N–H and O–H groups in total. The van der Waals surface area contributed by atoms with E-state index in [4.69, 9.17) is 19.5 Å². The SMILES string of the molecule is COCCOCCCCNCc1cccc(OCC#N)c1. The summed E-state index contributed by atoms with van der Waals surface area (Å²) in [5, 5.41) is 11.9. The molecule has 0 atom stereocenters. The summed E-state index contributed by atoms with van der Waals surface area (Å²) in [5.74, 6) is 0.738. The third-order valence-electron chi connectivity index (χ3n) is 2.85. The number of rotatable bonds is 12. The number of nitrogens with zero attached hydrogens (tertiary/aromatic N) is 1. The normalized spacial score (nSPS) is 10.3. The van der Waals surface area contributed by atoms with Crippen LogP contribution in [0.3, 0.4) is 0 Å². The highest BCUT2D eigenvalue weighted by molar-refractivity contribution is 5.28. The third-order valence-corrected chi connectivity index (χ3v) is 2.85. The average Bonchev–Trinajstić information content (AvgIpc) is 2.52. The van der Waals surface area contributed by atoms with Crippen molar-refractivity contribution in [2.24, 2.45) is 0 Å². The summed E-state index contributed by atoms with van der Waals surface area (Å²) in [5.41, 5.74) is 1.15. The molecular weight excluding hydrogens is 268 g/mol. The Hall–Kier alpha value is -1.61. The molecule has 0 amide bonds. The van der Waals surface area contributed by atoms with Gasteiger partial charge in [0.25, 0.3) is 0 Å². The van der Waals surface area contributed by atoms with Crippen LogP contribution in [-0.2, 0) is 16.0 Å². The Morgan fingerprint density at radius 1 is 1.19 bits per heavy atom. The van der Waals surface area contributed by atoms with Gasteiger partial charge in [0.1, 0.15) is 11.8 Å². The van der Waals surface area contributed by atoms with Gasteiger partial charge in [0, 0.05) is 20.3 Å². The monoisotopic (exact) mass is 292 g/mol. The molecular formula is C16H24N2O3. The molecule has 0 saturated carbocycles. The van der Waals surface area contributed by atoms with Crippen molar-refractivity contribution in [1.29, 1.82) is 5.26 Å². The number of hydrogen-bond donors (Lipinski definition) is 1. The van der Waals surface area contributed by atoms with Crippen molar-refractivity contribution < 1.29 is 14.2 Å². The highest BCUT2D eigenvalue weighted by Gasteiger charge is 1.97. The number of nitrogens with one attached hydrogen (secondary N) is 1. The van der Waals surface area contributed by atoms with Gasteiger partial charge in [0.15, 0.2) is 6.61 Å². The maximum atomic E-state index is 8.48. The zero-order chi connectivity index (χ0) is 15.2. The van der Waals surface area contributed by atoms with Gasteiger partial charge in [0.05, 0.1) is 13.2 Å². The topological polar surface area (TPSA) is 63.5 Å². The van der Waals surface area contributed by atoms with Crippen LogP contribution in [0.2, 0.25) is 0 Å². The first-order valence-corrected chi connectivity index (χ1v) is 7.23. The van der Waals surface area contributed by atoms with Crippen LogP contribution in [0.5, 0.6) is 5.75 Å². The molecule has 5 nitrogen and oxygen atoms in total. The largest absolute Gasteiger partial charge is 0.479 e. The van der Waals surface area contributed by atoms with Crippen molar-refractivity contribution in [2.75, 3.05) is 40.1 Å². The Labute approximate surface area is 126 Å². The van der Waals surface area contributed by atoms with Crippen molar-refractivity contribution in [3.63, 3.8) is 0 Å². The molecule has 0 unspecified atom stereocenters. The van der Waals surface area contributed by atoms with E-state index >= 15 is 0 Å². The lowest BCUT2D eigenvalue weighted by molar-refractivity contribution is 0.0688. The van der Waals surface area contributed by atoms with Gasteiger partial charge >= 0.3 is 0 Å². The lowest BCUT2D eigenvalue weighted by Gasteiger charge is -2.07. The molecule has 0 spiro atoms. The van der Waals surface area contributed by atoms with Gasteiger partial charge in [-0.3, -0.25) is 0 Å². The average molecular weight is 292 g/mol. The van der Waals surface area contributed by atoms with E-state index in [1.807, 2.05) is 30.3 Å². The third kappa shape index (κ3) is 9.03. The summed E-state index contributed by atoms with van der Waals surface area (Å²) in [6.45, 7) is 3.94. The fourth-order valence-electron chi connectivity index (χ4n) is 1.79. The molecule has 0 aliphatic heterocycles. The van der Waals surface area contributed by atoms with Crippen molar-refractivity contribution in [3.05, 3.63) is 29.8 Å². The van der Waals surface area contributed by atoms with Gasteiger partial charge in [0.2, 0.25) is 0 Å². The summed E-state index contributed by atoms with van der Waals surface area (Å²) in [4.78, 5) is 0. The highest BCUT2D eigenvalue weighted by Crippen LogP contribution is 2.12. The van der Waals surface area contributed by atoms with E-state index in [1.165, 1.54) is 0 Å². The quantitative estimate of drug-likeness (QED) is 0.598. The van der Waals surface area contributed by atoms with Crippen LogP contribution in [0.1, 0.15) is 18.4 Å². The van der Waals surface area contributed by atoms with Crippen LogP contribution >= 0.6 is 0 Å². The van der Waals surface area contributed by atoms with Gasteiger partial charge in [-0.2, -0.15) is 5.26 Å². The predicted molar refractivity (Wildman–Crippen MR) is 81.2 cm³/mol. The first-order valence-electron chi connectivity index (χ1n) is 7.23. The summed E-state index contributed by atoms with van der Waals surface area (Å²) in [6.07, 6.45) is 2.12. The van der Waals surface area contributed by atoms with Gasteiger partial charge in [-0.25, -0.2) is 0 Å². The van der Waals surface area contributed by atoms with Crippen LogP contribution in [0, 0.1) is 11.3 Å². The zero-order valence-electron chi connectivity index (χ0n) is 12.6. The number of hydrogen-bond acceptors (Lipinski definition) is 5. The van der Waals surface area contributed by atoms with E-state index < -0.39 is 0 Å². The molecule has 21 heavy (non-hydrogen) atoms. The Kier molecular flexibility index (Phi) is 10.1. The minimum Gasteiger partial charge on any atom is -0.479 e. The van der Waals surface area contributed by atoms with Crippen molar-refractivity contribution in [2.45, 2.75) is 19.4 Å². The fourth-order valence-corrected chi connectivity index (χ4v) is 1.79. The van der Waals surface area contributed by atoms with E-state index in [9.17, 15) is 0 Å². The fraction of sp³-hybridized carbons (Fsp3) is 0.562. The first kappa shape index (κ1) is 17.4. The molecule has 116 valence electrons. The van der Waals surface area contributed by atoms with Gasteiger partial charge < -0.3 is 19.5 Å². The molecule has 0 fully saturated rings. The number of unbranched alkanes of at least 4 members (excludes halogenated alkanes) is 1. The van der Waals surface area contributed by atoms with Crippen LogP contribution < -0.4 is 10.1 Å². The Morgan fingerprint density at radius 2 is 2.10 bits per heavy atom. The summed E-state index contributed by atoms with van der Waals surface area (Å²) >= 11 is 0. The van der Waals surface area contributed by atoms with Crippen LogP contribution in [0.4, 0.5) is 0 Å². The van der Waals surface area contributed by atoms with Crippen molar-refractivity contribution >= 4 is 0 Å². The number of methoxy groups -OCH3 is 1. The first-order chi connectivity index (χ1) is 10.4. The van der Waals surface area contributed by atoms with E-state index in [1.54, 1.807) is 7.11 Å². The molecule has 0 aromatic heterocycles. The van der Waals surface area contributed by atoms with Crippen molar-refractivity contribution in [1.82, 2.24) is 5.32 Å². The summed E-state index contributed by atoms with van der Waals surface area (Å²) in [7, 11) is 1.67. The summed E-state index contributed by atoms with van der Waals surface area (Å²) in [6, 6.07) is 9.76. The van der Waals surface area contributed by atoms with Crippen molar-refractivity contribution in [3.8, 4) is 11.8 Å². The second-order valence-electron chi connectivity index (χ2n) is 4.58. The number of nitriles is 1. The van der Waals surface area contributed by atoms with Gasteiger partial charge in [-0.1, -0.05) is 12.1 Å². The van der Waals surface area contributed by atoms with Crippen LogP contribution in [0.25, 0.3) is 0 Å². The molecule has 5 heteroatoms. The molecule has 0 radical (unpaired) electrons. The van der Waals surface area contributed by atoms with Gasteiger partial charge in [-0.05, 0) is 37.1 Å². The molecule has 0 aliphatic carbocycles. The number of ether oxygens (including phenoxy) is 3. The maximum absolute atomic E-state index is 8.48. The van der Waals surface area contributed by atoms with Gasteiger partial charge in [-0.15, -0.1) is 0 Å². The minimum absolute atomic E-state index is 0.0833. The minimum atomic E-state index is 0.0833. The molecule has 0 saturated heterocycles. The molecule has 0 heterocycles. The molecule has 1 aromatic rings. The van der Waals surface area contributed by atoms with E-state index in [0.717, 1.165) is 43.9 Å². The zero-order valence-corrected chi connectivity index (χ0v) is 12.6. The molecule has 1 aromatic carbocycles. The maximum Gasteiger partial charge on any atom is 0.174 e. The molecule has 0 aliphatic rings. The smallest absolute Gasteiger partial charge is 0.174 e. The molecule has 1 rings (SSSR count). The highest BCUT2D eigenvalue weighted by atomic mass is 16.5. The standard InChI is InChI=1S/C16H24N2O3/c1-19-11-12-20-9-3-2-8-18-14-15-5-4-6-16(13-15)21-10-7-17/h4-6,13,18H,2-3,8-12,14H2,1H3. The Morgan fingerprint density at radius 3 is 2.90 bits per heavy atom. The lowest BCUT2D eigenvalue weighted by Crippen LogP contribution is -2.15. The van der Waals surface area contributed by atoms with E-state index in [0.29, 0.717) is 13.2 Å². The van der Waals surface area contributed by atoms with Crippen LogP contribution in [-0.4, -0.2) is 40.1 Å².